The van der Waals surface area contributed by atoms with Gasteiger partial charge in [0.2, 0.25) is 17.7 Å². The zero-order valence-corrected chi connectivity index (χ0v) is 46.5. The summed E-state index contributed by atoms with van der Waals surface area (Å²) in [5, 5.41) is 31.4. The Kier molecular flexibility index (Phi) is 18.7. The van der Waals surface area contributed by atoms with Crippen LogP contribution in [-0.2, 0) is 39.9 Å². The fraction of sp³-hybridized carbons (Fsp3) is 0.455. The summed E-state index contributed by atoms with van der Waals surface area (Å²) in [6.45, 7) is 17.9. The number of aliphatic imine (C=N–C) groups is 1. The summed E-state index contributed by atoms with van der Waals surface area (Å²) >= 11 is 9.41. The van der Waals surface area contributed by atoms with Crippen LogP contribution in [0.1, 0.15) is 103 Å². The minimum absolute atomic E-state index is 0.0239. The largest absolute Gasteiger partial charge is 0.391 e. The maximum absolute atomic E-state index is 14.0. The number of hydrogen-bond acceptors (Lipinski definition) is 15. The van der Waals surface area contributed by atoms with Crippen LogP contribution < -0.4 is 10.6 Å². The lowest BCUT2D eigenvalue weighted by Crippen LogP contribution is -2.58. The molecule has 18 nitrogen and oxygen atoms in total. The van der Waals surface area contributed by atoms with E-state index in [1.807, 2.05) is 109 Å². The second kappa shape index (κ2) is 25.3. The lowest BCUT2D eigenvalue weighted by Gasteiger charge is -2.35. The highest BCUT2D eigenvalue weighted by Gasteiger charge is 2.45. The monoisotopic (exact) mass is 1090 g/mol. The summed E-state index contributed by atoms with van der Waals surface area (Å²) in [6.07, 6.45) is 2.85. The minimum Gasteiger partial charge on any atom is -0.391 e. The number of aryl methyl sites for hydroxylation is 2. The van der Waals surface area contributed by atoms with Crippen LogP contribution in [-0.4, -0.2) is 141 Å². The third kappa shape index (κ3) is 13.7. The van der Waals surface area contributed by atoms with E-state index in [-0.39, 0.29) is 50.8 Å². The number of carbonyl (C=O) groups is 3. The van der Waals surface area contributed by atoms with E-state index in [2.05, 4.69) is 54.2 Å². The average Bonchev–Trinajstić information content (AvgIpc) is 4.24. The molecule has 3 N–H and O–H groups in total. The van der Waals surface area contributed by atoms with E-state index in [1.165, 1.54) is 4.90 Å². The van der Waals surface area contributed by atoms with Crippen molar-refractivity contribution in [2.24, 2.45) is 10.4 Å². The number of thiophene rings is 1. The lowest BCUT2D eigenvalue weighted by molar-refractivity contribution is -0.144. The van der Waals surface area contributed by atoms with Crippen molar-refractivity contribution in [2.75, 3.05) is 59.4 Å². The molecule has 402 valence electrons. The number of ether oxygens (including phenoxy) is 4. The molecule has 0 spiro atoms. The van der Waals surface area contributed by atoms with Crippen LogP contribution in [0.15, 0.2) is 71.4 Å². The van der Waals surface area contributed by atoms with Crippen molar-refractivity contribution in [3.63, 3.8) is 0 Å². The number of β-amino-alcohol motifs (C(OH)–C–C–N with tert-alkyl or cyclic N) is 1. The smallest absolute Gasteiger partial charge is 0.246 e. The molecule has 0 bridgehead atoms. The first-order chi connectivity index (χ1) is 36.5. The summed E-state index contributed by atoms with van der Waals surface area (Å²) in [5.41, 5.74) is 8.67. The zero-order chi connectivity index (χ0) is 54.1. The quantitative estimate of drug-likeness (QED) is 0.0493. The van der Waals surface area contributed by atoms with Crippen molar-refractivity contribution < 1.29 is 38.4 Å². The number of aliphatic hydroxyl groups excluding tert-OH is 1. The van der Waals surface area contributed by atoms with E-state index in [0.717, 1.165) is 71.2 Å². The molecule has 6 heterocycles. The van der Waals surface area contributed by atoms with Gasteiger partial charge in [-0.1, -0.05) is 80.6 Å². The molecule has 3 amide bonds. The van der Waals surface area contributed by atoms with Crippen LogP contribution in [0.5, 0.6) is 0 Å². The predicted molar refractivity (Wildman–Crippen MR) is 292 cm³/mol. The molecule has 2 aliphatic heterocycles. The van der Waals surface area contributed by atoms with Crippen molar-refractivity contribution in [3.05, 3.63) is 121 Å². The molecule has 0 radical (unpaired) electrons. The van der Waals surface area contributed by atoms with Crippen LogP contribution in [0.25, 0.3) is 15.4 Å². The normalized spacial score (nSPS) is 17.0. The third-order valence-electron chi connectivity index (χ3n) is 13.1. The van der Waals surface area contributed by atoms with E-state index in [0.29, 0.717) is 44.6 Å². The number of amides is 3. The zero-order valence-electron chi connectivity index (χ0n) is 44.1. The van der Waals surface area contributed by atoms with Gasteiger partial charge in [0.05, 0.1) is 103 Å². The molecule has 0 aliphatic carbocycles. The molecule has 0 saturated carbocycles. The summed E-state index contributed by atoms with van der Waals surface area (Å²) in [7, 11) is 0. The maximum Gasteiger partial charge on any atom is 0.246 e. The number of nitrogens with one attached hydrogen (secondary N) is 2. The van der Waals surface area contributed by atoms with Crippen LogP contribution in [0.2, 0.25) is 5.02 Å². The van der Waals surface area contributed by atoms with E-state index in [1.54, 1.807) is 33.6 Å². The Balaban J connectivity index is 0.704. The number of aromatic nitrogens is 6. The fourth-order valence-corrected chi connectivity index (χ4v) is 11.1. The van der Waals surface area contributed by atoms with Gasteiger partial charge in [-0.15, -0.1) is 32.9 Å². The van der Waals surface area contributed by atoms with E-state index in [4.69, 9.17) is 35.5 Å². The van der Waals surface area contributed by atoms with Gasteiger partial charge in [-0.3, -0.25) is 28.6 Å². The number of fused-ring (bicyclic) bond motifs is 3. The van der Waals surface area contributed by atoms with Gasteiger partial charge in [0.15, 0.2) is 5.82 Å². The highest BCUT2D eigenvalue weighted by atomic mass is 35.5. The molecular formula is C55H65ClN10O8S2. The van der Waals surface area contributed by atoms with Crippen LogP contribution in [0.4, 0.5) is 0 Å². The van der Waals surface area contributed by atoms with E-state index < -0.39 is 35.4 Å². The molecule has 8 rings (SSSR count). The van der Waals surface area contributed by atoms with Crippen molar-refractivity contribution in [1.82, 2.24) is 45.1 Å². The molecule has 1 saturated heterocycles. The first kappa shape index (κ1) is 56.1. The third-order valence-corrected chi connectivity index (χ3v) is 15.5. The van der Waals surface area contributed by atoms with E-state index in [9.17, 15) is 19.5 Å². The second-order valence-electron chi connectivity index (χ2n) is 19.9. The number of nitrogens with zero attached hydrogens (tertiary/aromatic N) is 8. The topological polar surface area (TPSA) is 209 Å². The highest BCUT2D eigenvalue weighted by Crippen LogP contribution is 2.39. The van der Waals surface area contributed by atoms with Gasteiger partial charge in [-0.05, 0) is 68.9 Å². The number of carbonyl (C=O) groups excluding carboxylic acids is 3. The molecule has 1 fully saturated rings. The lowest BCUT2D eigenvalue weighted by atomic mass is 9.85. The number of aliphatic hydroxyl groups is 1. The second-order valence-corrected chi connectivity index (χ2v) is 22.1. The minimum atomic E-state index is -0.975. The molecule has 5 atom stereocenters. The van der Waals surface area contributed by atoms with Gasteiger partial charge < -0.3 is 39.6 Å². The molecule has 6 aromatic rings. The van der Waals surface area contributed by atoms with Gasteiger partial charge in [0.25, 0.3) is 0 Å². The molecule has 21 heteroatoms. The molecule has 0 unspecified atom stereocenters. The van der Waals surface area contributed by atoms with Gasteiger partial charge >= 0.3 is 0 Å². The Labute approximate surface area is 456 Å². The predicted octanol–water partition coefficient (Wildman–Crippen LogP) is 6.98. The van der Waals surface area contributed by atoms with Crippen LogP contribution >= 0.6 is 34.3 Å². The fourth-order valence-electron chi connectivity index (χ4n) is 8.98. The van der Waals surface area contributed by atoms with E-state index >= 15 is 0 Å². The summed E-state index contributed by atoms with van der Waals surface area (Å²) < 4.78 is 26.5. The number of thiazole rings is 1. The first-order valence-corrected chi connectivity index (χ1v) is 27.4. The molecule has 76 heavy (non-hydrogen) atoms. The Hall–Kier alpha value is -6.15. The Morgan fingerprint density at radius 3 is 2.24 bits per heavy atom. The number of benzene rings is 2. The van der Waals surface area contributed by atoms with Crippen LogP contribution in [0, 0.1) is 38.0 Å². The summed E-state index contributed by atoms with van der Waals surface area (Å²) in [4.78, 5) is 53.6. The highest BCUT2D eigenvalue weighted by molar-refractivity contribution is 7.15. The average molecular weight is 1090 g/mol. The number of likely N-dealkylation sites (tertiary alicyclic amines) is 1. The van der Waals surface area contributed by atoms with Crippen molar-refractivity contribution in [3.8, 4) is 27.3 Å². The van der Waals surface area contributed by atoms with Crippen molar-refractivity contribution >= 4 is 57.7 Å². The van der Waals surface area contributed by atoms with Gasteiger partial charge in [-0.25, -0.2) is 4.98 Å². The van der Waals surface area contributed by atoms with Crippen molar-refractivity contribution in [2.45, 2.75) is 98.6 Å². The molecule has 4 aromatic heterocycles. The molecular weight excluding hydrogens is 1030 g/mol. The Morgan fingerprint density at radius 1 is 0.895 bits per heavy atom. The van der Waals surface area contributed by atoms with Gasteiger partial charge in [0.1, 0.15) is 35.6 Å². The number of halogens is 1. The van der Waals surface area contributed by atoms with Gasteiger partial charge in [0, 0.05) is 35.3 Å². The standard InChI is InChI=1S/C55H65ClN10O8S2/c1-33-45(76-54-47(33)48(40-14-16-42(56)17-15-40)59-36(4)51-63-62-37(5)66(51)54)18-9-38-28-58-64(29-38)19-20-71-21-22-72-23-24-73-25-26-74-31-46(68)61-50(55(6,7)8)53(70)65-30-43(67)27-44(65)52(69)60-34(2)39-10-12-41(13-11-39)49-35(3)57-32-75-49/h10-17,28-29,32,34,36,43-44,50,67H,19-27,30-31H2,1-8H3,(H,60,69)(H,61,68)/t34-,36-,43+,44-,50+/m0/s1. The first-order valence-electron chi connectivity index (χ1n) is 25.3. The SMILES string of the molecule is Cc1ncsc1-c1ccc([C@H](C)NC(=O)[C@@H]2C[C@@H](O)CN2C(=O)[C@@H](NC(=O)COCCOCCOCCOCCn2cc(C#Cc3sc4c(c3C)C(c3ccc(Cl)cc3)=N[C@@H](C)c3nnc(C)n3-4)cn2)C(C)(C)C)cc1. The summed E-state index contributed by atoms with van der Waals surface area (Å²) in [5.74, 6) is 6.94. The summed E-state index contributed by atoms with van der Waals surface area (Å²) in [6, 6.07) is 13.2. The molecule has 2 aromatic carbocycles. The van der Waals surface area contributed by atoms with Gasteiger partial charge in [-0.2, -0.15) is 5.10 Å². The Morgan fingerprint density at radius 2 is 1.57 bits per heavy atom. The number of hydrogen-bond donors (Lipinski definition) is 3. The maximum atomic E-state index is 14.0. The van der Waals surface area contributed by atoms with Crippen molar-refractivity contribution in [1.29, 1.82) is 0 Å². The number of rotatable bonds is 21. The molecule has 2 aliphatic rings. The Bertz CT molecular complexity index is 3080. The van der Waals surface area contributed by atoms with Crippen LogP contribution in [0.3, 0.4) is 0 Å².